The standard InChI is InChI=1S/C14H16F4O/c1-8-3-2-4-10(8)13(19)9-5-6-11(12(15)7-9)14(16,17)18/h5-8,10,13,19H,2-4H2,1H3. The Hall–Kier alpha value is -1.10. The van der Waals surface area contributed by atoms with Gasteiger partial charge in [-0.05, 0) is 36.0 Å². The monoisotopic (exact) mass is 276 g/mol. The number of hydrogen-bond acceptors (Lipinski definition) is 1. The summed E-state index contributed by atoms with van der Waals surface area (Å²) in [4.78, 5) is 0. The van der Waals surface area contributed by atoms with Crippen LogP contribution >= 0.6 is 0 Å². The van der Waals surface area contributed by atoms with Gasteiger partial charge in [-0.25, -0.2) is 4.39 Å². The predicted octanol–water partition coefficient (Wildman–Crippen LogP) is 4.31. The number of halogens is 4. The molecule has 3 unspecified atom stereocenters. The van der Waals surface area contributed by atoms with Gasteiger partial charge in [-0.15, -0.1) is 0 Å². The smallest absolute Gasteiger partial charge is 0.388 e. The zero-order valence-electron chi connectivity index (χ0n) is 10.5. The molecule has 1 saturated carbocycles. The lowest BCUT2D eigenvalue weighted by Crippen LogP contribution is -2.16. The summed E-state index contributed by atoms with van der Waals surface area (Å²) in [6.45, 7) is 2.00. The third-order valence-electron chi connectivity index (χ3n) is 3.97. The molecule has 0 heterocycles. The van der Waals surface area contributed by atoms with Crippen LogP contribution in [0.5, 0.6) is 0 Å². The minimum Gasteiger partial charge on any atom is -0.388 e. The maximum atomic E-state index is 13.5. The molecule has 0 saturated heterocycles. The van der Waals surface area contributed by atoms with Crippen molar-refractivity contribution in [2.24, 2.45) is 11.8 Å². The van der Waals surface area contributed by atoms with E-state index in [4.69, 9.17) is 0 Å². The largest absolute Gasteiger partial charge is 0.419 e. The highest BCUT2D eigenvalue weighted by atomic mass is 19.4. The Morgan fingerprint density at radius 3 is 2.42 bits per heavy atom. The van der Waals surface area contributed by atoms with E-state index >= 15 is 0 Å². The quantitative estimate of drug-likeness (QED) is 0.798. The number of hydrogen-bond donors (Lipinski definition) is 1. The first-order valence-electron chi connectivity index (χ1n) is 6.35. The lowest BCUT2D eigenvalue weighted by Gasteiger charge is -2.23. The number of benzene rings is 1. The van der Waals surface area contributed by atoms with E-state index in [0.29, 0.717) is 12.0 Å². The molecule has 1 aromatic rings. The lowest BCUT2D eigenvalue weighted by molar-refractivity contribution is -0.140. The van der Waals surface area contributed by atoms with Gasteiger partial charge in [0.25, 0.3) is 0 Å². The Morgan fingerprint density at radius 2 is 1.95 bits per heavy atom. The third-order valence-corrected chi connectivity index (χ3v) is 3.97. The molecular formula is C14H16F4O. The SMILES string of the molecule is CC1CCCC1C(O)c1ccc(C(F)(F)F)c(F)c1. The summed E-state index contributed by atoms with van der Waals surface area (Å²) in [6, 6.07) is 2.67. The Labute approximate surface area is 109 Å². The topological polar surface area (TPSA) is 20.2 Å². The first-order valence-corrected chi connectivity index (χ1v) is 6.35. The van der Waals surface area contributed by atoms with Gasteiger partial charge < -0.3 is 5.11 Å². The molecule has 1 N–H and O–H groups in total. The number of alkyl halides is 3. The Bertz CT molecular complexity index is 455. The molecule has 1 fully saturated rings. The Kier molecular flexibility index (Phi) is 3.85. The molecule has 0 amide bonds. The summed E-state index contributed by atoms with van der Waals surface area (Å²) in [6.07, 6.45) is -2.79. The predicted molar refractivity (Wildman–Crippen MR) is 62.9 cm³/mol. The second-order valence-electron chi connectivity index (χ2n) is 5.25. The maximum absolute atomic E-state index is 13.5. The van der Waals surface area contributed by atoms with Gasteiger partial charge in [0.2, 0.25) is 0 Å². The van der Waals surface area contributed by atoms with E-state index in [1.165, 1.54) is 6.07 Å². The highest BCUT2D eigenvalue weighted by Gasteiger charge is 2.35. The summed E-state index contributed by atoms with van der Waals surface area (Å²) in [7, 11) is 0. The highest BCUT2D eigenvalue weighted by molar-refractivity contribution is 5.28. The van der Waals surface area contributed by atoms with Crippen molar-refractivity contribution in [3.63, 3.8) is 0 Å². The fourth-order valence-electron chi connectivity index (χ4n) is 2.84. The average molecular weight is 276 g/mol. The molecule has 1 aliphatic carbocycles. The lowest BCUT2D eigenvalue weighted by atomic mass is 9.88. The van der Waals surface area contributed by atoms with Crippen molar-refractivity contribution in [2.45, 2.75) is 38.5 Å². The summed E-state index contributed by atoms with van der Waals surface area (Å²) in [5.74, 6) is -1.02. The van der Waals surface area contributed by atoms with Gasteiger partial charge in [-0.2, -0.15) is 13.2 Å². The van der Waals surface area contributed by atoms with Crippen LogP contribution in [0.4, 0.5) is 17.6 Å². The molecule has 106 valence electrons. The first kappa shape index (κ1) is 14.3. The van der Waals surface area contributed by atoms with Gasteiger partial charge in [-0.1, -0.05) is 25.8 Å². The third kappa shape index (κ3) is 2.91. The van der Waals surface area contributed by atoms with Gasteiger partial charge in [0.05, 0.1) is 11.7 Å². The number of rotatable bonds is 2. The second kappa shape index (κ2) is 5.12. The molecule has 0 radical (unpaired) electrons. The van der Waals surface area contributed by atoms with Crippen molar-refractivity contribution in [1.82, 2.24) is 0 Å². The molecule has 1 nitrogen and oxygen atoms in total. The van der Waals surface area contributed by atoms with Crippen molar-refractivity contribution >= 4 is 0 Å². The van der Waals surface area contributed by atoms with Crippen LogP contribution in [0.25, 0.3) is 0 Å². The summed E-state index contributed by atoms with van der Waals surface area (Å²) in [5, 5.41) is 10.2. The molecular weight excluding hydrogens is 260 g/mol. The molecule has 0 spiro atoms. The highest BCUT2D eigenvalue weighted by Crippen LogP contribution is 2.41. The first-order chi connectivity index (χ1) is 8.80. The molecule has 3 atom stereocenters. The Balaban J connectivity index is 2.24. The molecule has 1 aliphatic rings. The molecule has 0 aliphatic heterocycles. The molecule has 0 aromatic heterocycles. The van der Waals surface area contributed by atoms with Gasteiger partial charge in [0, 0.05) is 0 Å². The van der Waals surface area contributed by atoms with E-state index < -0.39 is 23.7 Å². The van der Waals surface area contributed by atoms with Crippen LogP contribution in [-0.2, 0) is 6.18 Å². The molecule has 0 bridgehead atoms. The van der Waals surface area contributed by atoms with E-state index in [-0.39, 0.29) is 11.5 Å². The van der Waals surface area contributed by atoms with Gasteiger partial charge >= 0.3 is 6.18 Å². The zero-order chi connectivity index (χ0) is 14.2. The summed E-state index contributed by atoms with van der Waals surface area (Å²) in [5.41, 5.74) is -1.06. The molecule has 19 heavy (non-hydrogen) atoms. The molecule has 2 rings (SSSR count). The summed E-state index contributed by atoms with van der Waals surface area (Å²) >= 11 is 0. The van der Waals surface area contributed by atoms with Crippen LogP contribution in [-0.4, -0.2) is 5.11 Å². The van der Waals surface area contributed by atoms with E-state index in [2.05, 4.69) is 0 Å². The van der Waals surface area contributed by atoms with Crippen LogP contribution in [0.2, 0.25) is 0 Å². The van der Waals surface area contributed by atoms with Gasteiger partial charge in [0.15, 0.2) is 0 Å². The van der Waals surface area contributed by atoms with Crippen LogP contribution in [0.15, 0.2) is 18.2 Å². The zero-order valence-corrected chi connectivity index (χ0v) is 10.5. The Morgan fingerprint density at radius 1 is 1.26 bits per heavy atom. The van der Waals surface area contributed by atoms with Crippen molar-refractivity contribution in [1.29, 1.82) is 0 Å². The van der Waals surface area contributed by atoms with Crippen molar-refractivity contribution in [3.8, 4) is 0 Å². The van der Waals surface area contributed by atoms with Gasteiger partial charge in [-0.3, -0.25) is 0 Å². The minimum absolute atomic E-state index is 0.00358. The van der Waals surface area contributed by atoms with Gasteiger partial charge in [0.1, 0.15) is 5.82 Å². The molecule has 1 aromatic carbocycles. The summed E-state index contributed by atoms with van der Waals surface area (Å²) < 4.78 is 50.8. The van der Waals surface area contributed by atoms with Crippen LogP contribution in [0.3, 0.4) is 0 Å². The van der Waals surface area contributed by atoms with Crippen LogP contribution < -0.4 is 0 Å². The number of aliphatic hydroxyl groups excluding tert-OH is 1. The van der Waals surface area contributed by atoms with E-state index in [9.17, 15) is 22.7 Å². The fraction of sp³-hybridized carbons (Fsp3) is 0.571. The van der Waals surface area contributed by atoms with Crippen molar-refractivity contribution in [2.75, 3.05) is 0 Å². The van der Waals surface area contributed by atoms with E-state index in [1.54, 1.807) is 0 Å². The fourth-order valence-corrected chi connectivity index (χ4v) is 2.84. The van der Waals surface area contributed by atoms with Crippen molar-refractivity contribution in [3.05, 3.63) is 35.1 Å². The minimum atomic E-state index is -4.70. The number of aliphatic hydroxyl groups is 1. The molecule has 5 heteroatoms. The second-order valence-corrected chi connectivity index (χ2v) is 5.25. The van der Waals surface area contributed by atoms with Crippen molar-refractivity contribution < 1.29 is 22.7 Å². The average Bonchev–Trinajstić information content (AvgIpc) is 2.72. The van der Waals surface area contributed by atoms with E-state index in [1.807, 2.05) is 6.92 Å². The van der Waals surface area contributed by atoms with Crippen LogP contribution in [0.1, 0.15) is 43.4 Å². The maximum Gasteiger partial charge on any atom is 0.419 e. The normalized spacial score (nSPS) is 25.6. The van der Waals surface area contributed by atoms with Crippen LogP contribution in [0, 0.1) is 17.7 Å². The van der Waals surface area contributed by atoms with E-state index in [0.717, 1.165) is 25.3 Å².